The molecule has 1 aliphatic heterocycles. The Balaban J connectivity index is 1.73. The molecule has 3 amide bonds. The zero-order chi connectivity index (χ0) is 40.6. The van der Waals surface area contributed by atoms with Crippen LogP contribution >= 0.6 is 23.8 Å². The zero-order valence-corrected chi connectivity index (χ0v) is 33.8. The fourth-order valence-corrected chi connectivity index (χ4v) is 6.78. The van der Waals surface area contributed by atoms with Gasteiger partial charge in [-0.05, 0) is 69.0 Å². The summed E-state index contributed by atoms with van der Waals surface area (Å²) in [5, 5.41) is 15.5. The van der Waals surface area contributed by atoms with Crippen molar-refractivity contribution in [3.63, 3.8) is 0 Å². The Bertz CT molecular complexity index is 1910. The normalized spacial score (nSPS) is 15.2. The molecule has 3 aromatic carbocycles. The van der Waals surface area contributed by atoms with Crippen molar-refractivity contribution in [2.45, 2.75) is 65.1 Å². The molecule has 1 saturated heterocycles. The number of amides is 3. The predicted octanol–water partition coefficient (Wildman–Crippen LogP) is 7.32. The number of carbonyl (C=O) groups excluding carboxylic acids is 3. The highest BCUT2D eigenvalue weighted by Crippen LogP contribution is 2.36. The molecule has 0 bridgehead atoms. The molecule has 0 spiro atoms. The molecule has 1 heterocycles. The van der Waals surface area contributed by atoms with Crippen molar-refractivity contribution in [2.24, 2.45) is 5.92 Å². The van der Waals surface area contributed by atoms with E-state index in [9.17, 15) is 24.5 Å². The topological polar surface area (TPSA) is 159 Å². The maximum atomic E-state index is 14.5. The van der Waals surface area contributed by atoms with Crippen LogP contribution in [0.5, 0.6) is 23.0 Å². The third kappa shape index (κ3) is 10.5. The van der Waals surface area contributed by atoms with Crippen LogP contribution in [0, 0.1) is 16.0 Å². The summed E-state index contributed by atoms with van der Waals surface area (Å²) in [7, 11) is 6.09. The molecule has 0 saturated carbocycles. The molecule has 16 heteroatoms. The molecule has 296 valence electrons. The molecule has 4 rings (SSSR count). The minimum absolute atomic E-state index is 0.117. The van der Waals surface area contributed by atoms with Gasteiger partial charge in [-0.15, -0.1) is 0 Å². The SMILES string of the molecule is CCC[C@@H](NC(=O)N1CC(=S)N(Cc2c(OC)cc(OC)cc2OC)C[C@H](Cc2cc(Cl)ccc2OC)C1=O)c1ccc(C(=O)OC(C)(C)C)c([N+](=O)[O-])c1. The number of ether oxygens (including phenoxy) is 5. The van der Waals surface area contributed by atoms with Gasteiger partial charge >= 0.3 is 12.0 Å². The molecule has 1 aliphatic rings. The van der Waals surface area contributed by atoms with Gasteiger partial charge in [0.15, 0.2) is 0 Å². The lowest BCUT2D eigenvalue weighted by molar-refractivity contribution is -0.385. The van der Waals surface area contributed by atoms with Crippen molar-refractivity contribution in [3.8, 4) is 23.0 Å². The first-order chi connectivity index (χ1) is 26.0. The minimum atomic E-state index is -0.874. The molecule has 1 fully saturated rings. The van der Waals surface area contributed by atoms with Crippen molar-refractivity contribution in [2.75, 3.05) is 41.5 Å². The fraction of sp³-hybridized carbons (Fsp3) is 0.436. The quantitative estimate of drug-likeness (QED) is 0.0751. The van der Waals surface area contributed by atoms with Gasteiger partial charge in [0.25, 0.3) is 5.69 Å². The Morgan fingerprint density at radius 3 is 2.22 bits per heavy atom. The van der Waals surface area contributed by atoms with Crippen LogP contribution in [0.25, 0.3) is 0 Å². The average molecular weight is 799 g/mol. The number of thiocarbonyl (C=S) groups is 1. The molecule has 3 aromatic rings. The number of methoxy groups -OCH3 is 4. The van der Waals surface area contributed by atoms with Crippen LogP contribution in [0.4, 0.5) is 10.5 Å². The van der Waals surface area contributed by atoms with Crippen molar-refractivity contribution in [3.05, 3.63) is 85.9 Å². The van der Waals surface area contributed by atoms with Gasteiger partial charge in [0.1, 0.15) is 34.2 Å². The van der Waals surface area contributed by atoms with E-state index in [1.807, 2.05) is 11.8 Å². The highest BCUT2D eigenvalue weighted by molar-refractivity contribution is 7.80. The summed E-state index contributed by atoms with van der Waals surface area (Å²) >= 11 is 12.3. The van der Waals surface area contributed by atoms with Gasteiger partial charge < -0.3 is 33.9 Å². The summed E-state index contributed by atoms with van der Waals surface area (Å²) < 4.78 is 27.8. The van der Waals surface area contributed by atoms with E-state index in [-0.39, 0.29) is 31.6 Å². The first kappa shape index (κ1) is 42.6. The monoisotopic (exact) mass is 798 g/mol. The first-order valence-electron chi connectivity index (χ1n) is 17.6. The molecular weight excluding hydrogens is 752 g/mol. The zero-order valence-electron chi connectivity index (χ0n) is 32.2. The van der Waals surface area contributed by atoms with Gasteiger partial charge in [0.05, 0.1) is 69.0 Å². The van der Waals surface area contributed by atoms with Crippen LogP contribution < -0.4 is 24.3 Å². The minimum Gasteiger partial charge on any atom is -0.496 e. The molecule has 1 N–H and O–H groups in total. The lowest BCUT2D eigenvalue weighted by atomic mass is 9.96. The molecule has 55 heavy (non-hydrogen) atoms. The van der Waals surface area contributed by atoms with Gasteiger partial charge in [-0.2, -0.15) is 0 Å². The Hall–Kier alpha value is -5.15. The third-order valence-corrected chi connectivity index (χ3v) is 9.56. The number of esters is 1. The van der Waals surface area contributed by atoms with E-state index in [0.717, 1.165) is 4.90 Å². The van der Waals surface area contributed by atoms with Gasteiger partial charge in [0.2, 0.25) is 5.91 Å². The van der Waals surface area contributed by atoms with Gasteiger partial charge in [-0.1, -0.05) is 43.2 Å². The van der Waals surface area contributed by atoms with Gasteiger partial charge in [-0.25, -0.2) is 9.59 Å². The molecule has 0 unspecified atom stereocenters. The van der Waals surface area contributed by atoms with E-state index < -0.39 is 46.1 Å². The number of nitrogens with one attached hydrogen (secondary N) is 1. The summed E-state index contributed by atoms with van der Waals surface area (Å²) in [6, 6.07) is 11.1. The van der Waals surface area contributed by atoms with Crippen molar-refractivity contribution in [1.82, 2.24) is 15.1 Å². The number of nitro benzene ring substituents is 1. The summed E-state index contributed by atoms with van der Waals surface area (Å²) in [5.41, 5.74) is 0.118. The second kappa shape index (κ2) is 18.5. The van der Waals surface area contributed by atoms with Crippen molar-refractivity contribution >= 4 is 52.4 Å². The summed E-state index contributed by atoms with van der Waals surface area (Å²) in [4.78, 5) is 56.3. The van der Waals surface area contributed by atoms with E-state index in [1.54, 1.807) is 51.1 Å². The largest absolute Gasteiger partial charge is 0.496 e. The highest BCUT2D eigenvalue weighted by atomic mass is 35.5. The smallest absolute Gasteiger partial charge is 0.345 e. The number of nitrogens with zero attached hydrogens (tertiary/aromatic N) is 3. The number of imide groups is 1. The number of benzene rings is 3. The van der Waals surface area contributed by atoms with E-state index >= 15 is 0 Å². The number of rotatable bonds is 14. The van der Waals surface area contributed by atoms with E-state index in [2.05, 4.69) is 5.32 Å². The van der Waals surface area contributed by atoms with Crippen LogP contribution in [0.1, 0.15) is 73.6 Å². The molecule has 2 atom stereocenters. The van der Waals surface area contributed by atoms with Gasteiger partial charge in [-0.3, -0.25) is 19.8 Å². The predicted molar refractivity (Wildman–Crippen MR) is 210 cm³/mol. The number of carbonyl (C=O) groups is 3. The van der Waals surface area contributed by atoms with Crippen LogP contribution in [0.15, 0.2) is 48.5 Å². The fourth-order valence-electron chi connectivity index (χ4n) is 6.31. The van der Waals surface area contributed by atoms with Crippen LogP contribution in [-0.4, -0.2) is 84.7 Å². The van der Waals surface area contributed by atoms with Crippen molar-refractivity contribution in [1.29, 1.82) is 0 Å². The number of nitro groups is 1. The maximum absolute atomic E-state index is 14.5. The highest BCUT2D eigenvalue weighted by Gasteiger charge is 2.38. The van der Waals surface area contributed by atoms with Crippen LogP contribution in [-0.2, 0) is 22.5 Å². The molecule has 0 radical (unpaired) electrons. The number of hydrogen-bond donors (Lipinski definition) is 1. The van der Waals surface area contributed by atoms with Crippen LogP contribution in [0.3, 0.4) is 0 Å². The standard InChI is InChI=1S/C39H47ClN4O10S/c1-9-10-30(23-11-13-28(31(17-23)44(48)49)37(46)54-39(2,3)4)41-38(47)43-22-35(55)42(21-29-33(52-7)18-27(50-5)19-34(29)53-8)20-25(36(43)45)15-24-16-26(40)12-14-32(24)51-6/h11-14,16-19,25,30H,9-10,15,20-22H2,1-8H3,(H,41,47)/t25-,30+/m0/s1. The number of hydrogen-bond acceptors (Lipinski definition) is 11. The van der Waals surface area contributed by atoms with E-state index in [0.29, 0.717) is 62.5 Å². The lowest BCUT2D eigenvalue weighted by Gasteiger charge is -2.27. The van der Waals surface area contributed by atoms with Gasteiger partial charge in [0, 0.05) is 29.8 Å². The molecule has 0 aromatic heterocycles. The molecular formula is C39H47ClN4O10S. The molecule has 14 nitrogen and oxygen atoms in total. The number of urea groups is 1. The van der Waals surface area contributed by atoms with Crippen molar-refractivity contribution < 1.29 is 43.0 Å². The summed E-state index contributed by atoms with van der Waals surface area (Å²) in [5.74, 6) is -0.164. The maximum Gasteiger partial charge on any atom is 0.345 e. The Morgan fingerprint density at radius 1 is 1.00 bits per heavy atom. The lowest BCUT2D eigenvalue weighted by Crippen LogP contribution is -2.48. The van der Waals surface area contributed by atoms with Crippen LogP contribution in [0.2, 0.25) is 5.02 Å². The Labute approximate surface area is 331 Å². The molecule has 0 aliphatic carbocycles. The third-order valence-electron chi connectivity index (χ3n) is 8.94. The summed E-state index contributed by atoms with van der Waals surface area (Å²) in [6.07, 6.45) is 1.10. The van der Waals surface area contributed by atoms with E-state index in [1.165, 1.54) is 46.6 Å². The van der Waals surface area contributed by atoms with E-state index in [4.69, 9.17) is 47.5 Å². The second-order valence-electron chi connectivity index (χ2n) is 13.9. The Kier molecular flexibility index (Phi) is 14.3. The average Bonchev–Trinajstić information content (AvgIpc) is 3.25. The second-order valence-corrected chi connectivity index (χ2v) is 14.8. The number of halogens is 1. The first-order valence-corrected chi connectivity index (χ1v) is 18.3. The Morgan fingerprint density at radius 2 is 1.65 bits per heavy atom. The summed E-state index contributed by atoms with van der Waals surface area (Å²) in [6.45, 7) is 6.93.